The van der Waals surface area contributed by atoms with Crippen LogP contribution in [0.1, 0.15) is 117 Å². The van der Waals surface area contributed by atoms with Gasteiger partial charge in [0.05, 0.1) is 25.1 Å². The third kappa shape index (κ3) is 14.1. The van der Waals surface area contributed by atoms with E-state index in [0.29, 0.717) is 30.4 Å². The number of unbranched alkanes of at least 4 members (excludes halogenated alkanes) is 13. The van der Waals surface area contributed by atoms with E-state index in [1.54, 1.807) is 24.5 Å². The van der Waals surface area contributed by atoms with Gasteiger partial charge in [-0.1, -0.05) is 97.3 Å². The van der Waals surface area contributed by atoms with Crippen LogP contribution in [0.3, 0.4) is 0 Å². The molecule has 1 atom stereocenters. The molecule has 0 aliphatic carbocycles. The fourth-order valence-corrected chi connectivity index (χ4v) is 4.32. The average Bonchev–Trinajstić information content (AvgIpc) is 2.93. The van der Waals surface area contributed by atoms with Gasteiger partial charge in [0.25, 0.3) is 0 Å². The van der Waals surface area contributed by atoms with Gasteiger partial charge in [0, 0.05) is 12.2 Å². The second kappa shape index (κ2) is 20.7. The van der Waals surface area contributed by atoms with Crippen LogP contribution in [0.5, 0.6) is 11.5 Å². The van der Waals surface area contributed by atoms with E-state index in [4.69, 9.17) is 14.2 Å². The summed E-state index contributed by atoms with van der Waals surface area (Å²) in [5, 5.41) is 0. The highest BCUT2D eigenvalue weighted by Crippen LogP contribution is 2.24. The maximum atomic E-state index is 14.6. The summed E-state index contributed by atoms with van der Waals surface area (Å²) < 4.78 is 31.9. The van der Waals surface area contributed by atoms with E-state index >= 15 is 0 Å². The maximum Gasteiger partial charge on any atom is 0.165 e. The van der Waals surface area contributed by atoms with Gasteiger partial charge in [-0.05, 0) is 38.0 Å². The van der Waals surface area contributed by atoms with Gasteiger partial charge in [0.15, 0.2) is 23.1 Å². The molecule has 6 heteroatoms. The van der Waals surface area contributed by atoms with Crippen molar-refractivity contribution < 1.29 is 18.6 Å². The predicted molar refractivity (Wildman–Crippen MR) is 154 cm³/mol. The van der Waals surface area contributed by atoms with E-state index in [-0.39, 0.29) is 11.9 Å². The van der Waals surface area contributed by atoms with Gasteiger partial charge in [-0.25, -0.2) is 14.4 Å². The smallest absolute Gasteiger partial charge is 0.165 e. The number of aromatic nitrogens is 2. The first-order chi connectivity index (χ1) is 18.6. The number of benzene rings is 1. The van der Waals surface area contributed by atoms with Crippen molar-refractivity contribution in [2.24, 2.45) is 0 Å². The molecule has 0 saturated carbocycles. The van der Waals surface area contributed by atoms with Gasteiger partial charge >= 0.3 is 0 Å². The predicted octanol–water partition coefficient (Wildman–Crippen LogP) is 9.34. The Morgan fingerprint density at radius 3 is 1.84 bits per heavy atom. The van der Waals surface area contributed by atoms with E-state index in [1.165, 1.54) is 83.1 Å². The molecule has 0 saturated heterocycles. The molecule has 0 radical (unpaired) electrons. The molecule has 0 fully saturated rings. The lowest BCUT2D eigenvalue weighted by Crippen LogP contribution is -2.18. The van der Waals surface area contributed by atoms with Crippen molar-refractivity contribution in [3.63, 3.8) is 0 Å². The summed E-state index contributed by atoms with van der Waals surface area (Å²) in [7, 11) is 0. The second-order valence-electron chi connectivity index (χ2n) is 10.3. The molecule has 214 valence electrons. The summed E-state index contributed by atoms with van der Waals surface area (Å²) in [6.07, 6.45) is 22.0. The summed E-state index contributed by atoms with van der Waals surface area (Å²) in [5.41, 5.74) is 0.611. The third-order valence-electron chi connectivity index (χ3n) is 6.71. The van der Waals surface area contributed by atoms with Gasteiger partial charge in [0.2, 0.25) is 0 Å². The van der Waals surface area contributed by atoms with E-state index < -0.39 is 5.82 Å². The fourth-order valence-electron chi connectivity index (χ4n) is 4.32. The molecule has 0 aliphatic rings. The molecule has 1 unspecified atom stereocenters. The first kappa shape index (κ1) is 32.0. The van der Waals surface area contributed by atoms with Gasteiger partial charge in [-0.15, -0.1) is 0 Å². The summed E-state index contributed by atoms with van der Waals surface area (Å²) in [6.45, 7) is 8.22. The summed E-state index contributed by atoms with van der Waals surface area (Å²) in [4.78, 5) is 8.70. The normalized spacial score (nSPS) is 12.0. The monoisotopic (exact) mass is 530 g/mol. The molecule has 1 aromatic heterocycles. The number of nitrogens with zero attached hydrogens (tertiary/aromatic N) is 2. The van der Waals surface area contributed by atoms with Crippen molar-refractivity contribution >= 4 is 0 Å². The van der Waals surface area contributed by atoms with Crippen LogP contribution >= 0.6 is 0 Å². The van der Waals surface area contributed by atoms with Crippen LogP contribution in [0.4, 0.5) is 4.39 Å². The number of halogens is 1. The fraction of sp³-hybridized carbons (Fsp3) is 0.688. The average molecular weight is 531 g/mol. The van der Waals surface area contributed by atoms with Crippen molar-refractivity contribution in [1.29, 1.82) is 0 Å². The zero-order valence-corrected chi connectivity index (χ0v) is 24.2. The minimum absolute atomic E-state index is 0.00232. The zero-order chi connectivity index (χ0) is 27.3. The Balaban J connectivity index is 1.63. The molecule has 38 heavy (non-hydrogen) atoms. The molecule has 2 aromatic rings. The molecular formula is C32H51FN2O3. The highest BCUT2D eigenvalue weighted by Gasteiger charge is 2.10. The highest BCUT2D eigenvalue weighted by atomic mass is 19.1. The first-order valence-electron chi connectivity index (χ1n) is 15.1. The quantitative estimate of drug-likeness (QED) is 0.134. The molecular weight excluding hydrogens is 479 g/mol. The molecule has 0 N–H and O–H groups in total. The molecule has 5 nitrogen and oxygen atoms in total. The summed E-state index contributed by atoms with van der Waals surface area (Å²) >= 11 is 0. The molecule has 0 amide bonds. The lowest BCUT2D eigenvalue weighted by molar-refractivity contribution is 0.0300. The topological polar surface area (TPSA) is 53.5 Å². The Bertz CT molecular complexity index is 847. The Kier molecular flexibility index (Phi) is 17.4. The van der Waals surface area contributed by atoms with E-state index in [0.717, 1.165) is 25.9 Å². The Hall–Kier alpha value is -2.21. The summed E-state index contributed by atoms with van der Waals surface area (Å²) in [6, 6.07) is 4.89. The molecule has 0 bridgehead atoms. The van der Waals surface area contributed by atoms with Crippen LogP contribution in [0.2, 0.25) is 0 Å². The Morgan fingerprint density at radius 1 is 0.711 bits per heavy atom. The van der Waals surface area contributed by atoms with Crippen molar-refractivity contribution in [2.75, 3.05) is 19.8 Å². The summed E-state index contributed by atoms with van der Waals surface area (Å²) in [5.74, 6) is 0.918. The second-order valence-corrected chi connectivity index (χ2v) is 10.3. The van der Waals surface area contributed by atoms with Crippen LogP contribution < -0.4 is 9.47 Å². The van der Waals surface area contributed by atoms with E-state index in [1.807, 2.05) is 6.92 Å². The van der Waals surface area contributed by atoms with Crippen LogP contribution in [0.15, 0.2) is 30.6 Å². The first-order valence-corrected chi connectivity index (χ1v) is 15.1. The number of rotatable bonds is 23. The van der Waals surface area contributed by atoms with Crippen molar-refractivity contribution in [2.45, 2.75) is 123 Å². The zero-order valence-electron chi connectivity index (χ0n) is 24.2. The lowest BCUT2D eigenvalue weighted by Gasteiger charge is -2.14. The van der Waals surface area contributed by atoms with Gasteiger partial charge in [-0.2, -0.15) is 0 Å². The van der Waals surface area contributed by atoms with Crippen LogP contribution in [0, 0.1) is 5.82 Å². The van der Waals surface area contributed by atoms with Crippen molar-refractivity contribution in [3.8, 4) is 22.9 Å². The minimum atomic E-state index is -0.390. The Labute approximate surface area is 230 Å². The van der Waals surface area contributed by atoms with Crippen LogP contribution in [0.25, 0.3) is 11.4 Å². The number of ether oxygens (including phenoxy) is 3. The van der Waals surface area contributed by atoms with E-state index in [2.05, 4.69) is 23.8 Å². The van der Waals surface area contributed by atoms with Gasteiger partial charge in [0.1, 0.15) is 6.61 Å². The molecule has 1 heterocycles. The molecule has 1 aromatic carbocycles. The van der Waals surface area contributed by atoms with Crippen LogP contribution in [-0.4, -0.2) is 35.9 Å². The molecule has 2 rings (SSSR count). The number of hydrogen-bond donors (Lipinski definition) is 0. The highest BCUT2D eigenvalue weighted by molar-refractivity contribution is 5.56. The lowest BCUT2D eigenvalue weighted by atomic mass is 10.1. The van der Waals surface area contributed by atoms with Crippen molar-refractivity contribution in [1.82, 2.24) is 9.97 Å². The Morgan fingerprint density at radius 2 is 1.26 bits per heavy atom. The molecule has 0 aliphatic heterocycles. The van der Waals surface area contributed by atoms with E-state index in [9.17, 15) is 4.39 Å². The van der Waals surface area contributed by atoms with Crippen LogP contribution in [-0.2, 0) is 4.74 Å². The molecule has 0 spiro atoms. The van der Waals surface area contributed by atoms with Crippen molar-refractivity contribution in [3.05, 3.63) is 36.4 Å². The SMILES string of the molecule is CCCCCCCCCCCOc1ccc(-c2ncc(OCC(C)OCCCCCCCC)cn2)cc1F. The van der Waals surface area contributed by atoms with Gasteiger partial charge in [-0.3, -0.25) is 0 Å². The third-order valence-corrected chi connectivity index (χ3v) is 6.71. The standard InChI is InChI=1S/C32H51FN2O3/c1-4-6-8-10-12-13-14-16-18-22-37-31-20-19-28(23-30(31)33)32-34-24-29(25-35-32)38-26-27(3)36-21-17-15-11-9-7-5-2/h19-20,23-25,27H,4-18,21-22,26H2,1-3H3. The van der Waals surface area contributed by atoms with Gasteiger partial charge < -0.3 is 14.2 Å². The minimum Gasteiger partial charge on any atom is -0.491 e. The largest absolute Gasteiger partial charge is 0.491 e. The maximum absolute atomic E-state index is 14.6. The number of hydrogen-bond acceptors (Lipinski definition) is 5.